The topological polar surface area (TPSA) is 83.1 Å². The van der Waals surface area contributed by atoms with E-state index in [-0.39, 0.29) is 0 Å². The van der Waals surface area contributed by atoms with E-state index in [1.807, 2.05) is 76.7 Å². The van der Waals surface area contributed by atoms with Crippen LogP contribution in [0.3, 0.4) is 0 Å². The highest BCUT2D eigenvalue weighted by atomic mass is 16.3. The summed E-state index contributed by atoms with van der Waals surface area (Å²) in [5, 5.41) is 32.3. The molecule has 1 aliphatic heterocycles. The van der Waals surface area contributed by atoms with Gasteiger partial charge in [-0.05, 0) is 24.0 Å². The molecule has 166 valence electrons. The van der Waals surface area contributed by atoms with Gasteiger partial charge in [-0.15, -0.1) is 18.2 Å². The van der Waals surface area contributed by atoms with Crippen LogP contribution in [0, 0.1) is 11.5 Å². The Morgan fingerprint density at radius 2 is 1.22 bits per heavy atom. The van der Waals surface area contributed by atoms with Gasteiger partial charge < -0.3 is 20.0 Å². The molecule has 0 bridgehead atoms. The third kappa shape index (κ3) is 5.25. The maximum atomic E-state index is 11.4. The lowest BCUT2D eigenvalue weighted by Crippen LogP contribution is -2.52. The van der Waals surface area contributed by atoms with Crippen LogP contribution in [0.4, 0.5) is 0 Å². The van der Waals surface area contributed by atoms with E-state index in [1.54, 1.807) is 12.2 Å². The highest BCUT2D eigenvalue weighted by molar-refractivity contribution is 5.82. The zero-order chi connectivity index (χ0) is 22.9. The van der Waals surface area contributed by atoms with Crippen LogP contribution in [0.5, 0.6) is 0 Å². The molecule has 0 amide bonds. The normalized spacial score (nSPS) is 23.2. The van der Waals surface area contributed by atoms with Gasteiger partial charge in [0, 0.05) is 13.1 Å². The van der Waals surface area contributed by atoms with Crippen molar-refractivity contribution in [3.05, 3.63) is 97.1 Å². The van der Waals surface area contributed by atoms with E-state index in [0.717, 1.165) is 11.1 Å². The molecule has 6 heteroatoms. The molecular weight excluding hydrogens is 400 g/mol. The van der Waals surface area contributed by atoms with Crippen molar-refractivity contribution in [2.24, 2.45) is 4.99 Å². The second-order valence-electron chi connectivity index (χ2n) is 7.89. The van der Waals surface area contributed by atoms with Crippen LogP contribution in [-0.2, 0) is 12.8 Å². The first-order valence-corrected chi connectivity index (χ1v) is 10.8. The second kappa shape index (κ2) is 11.3. The van der Waals surface area contributed by atoms with Gasteiger partial charge in [-0.2, -0.15) is 5.26 Å². The fourth-order valence-corrected chi connectivity index (χ4v) is 4.34. The molecule has 2 aromatic rings. The second-order valence-corrected chi connectivity index (χ2v) is 7.89. The molecule has 2 aromatic carbocycles. The van der Waals surface area contributed by atoms with E-state index in [0.29, 0.717) is 31.9 Å². The fourth-order valence-electron chi connectivity index (χ4n) is 4.34. The van der Waals surface area contributed by atoms with Crippen molar-refractivity contribution >= 4 is 5.96 Å². The Morgan fingerprint density at radius 1 is 0.812 bits per heavy atom. The van der Waals surface area contributed by atoms with Crippen molar-refractivity contribution in [3.63, 3.8) is 0 Å². The molecule has 0 aromatic heterocycles. The Kier molecular flexibility index (Phi) is 8.20. The van der Waals surface area contributed by atoms with Crippen molar-refractivity contribution < 1.29 is 10.2 Å². The molecule has 2 N–H and O–H groups in total. The van der Waals surface area contributed by atoms with Gasteiger partial charge in [0.05, 0.1) is 12.1 Å². The minimum atomic E-state index is -1.07. The van der Waals surface area contributed by atoms with Crippen LogP contribution in [0.2, 0.25) is 0 Å². The Bertz CT molecular complexity index is 885. The number of aliphatic imine (C=N–C) groups is 1. The quantitative estimate of drug-likeness (QED) is 0.497. The van der Waals surface area contributed by atoms with Gasteiger partial charge in [0.15, 0.2) is 0 Å². The largest absolute Gasteiger partial charge is 0.388 e. The SMILES string of the molecule is C=CCN1C(=NC#N)N(CC=C)[C@H](Cc2ccccc2)[C@H](O)[C@@H](O)[C@H]1Cc1ccccc1. The number of aliphatic hydroxyl groups excluding tert-OH is 2. The Balaban J connectivity index is 2.09. The zero-order valence-corrected chi connectivity index (χ0v) is 18.2. The average molecular weight is 431 g/mol. The van der Waals surface area contributed by atoms with Crippen LogP contribution in [0.1, 0.15) is 11.1 Å². The standard InChI is InChI=1S/C26H30N4O2/c1-3-15-29-22(17-20-11-7-5-8-12-20)24(31)25(32)23(18-21-13-9-6-10-14-21)30(16-4-2)26(29)28-19-27/h3-14,22-25,31-32H,1-2,15-18H2/t22-,23-,24+,25+/m1/s1. The highest BCUT2D eigenvalue weighted by Crippen LogP contribution is 2.27. The third-order valence-electron chi connectivity index (χ3n) is 5.83. The molecule has 4 atom stereocenters. The summed E-state index contributed by atoms with van der Waals surface area (Å²) in [6.07, 6.45) is 4.18. The summed E-state index contributed by atoms with van der Waals surface area (Å²) in [7, 11) is 0. The summed E-state index contributed by atoms with van der Waals surface area (Å²) in [6.45, 7) is 8.46. The monoisotopic (exact) mass is 430 g/mol. The molecule has 0 aliphatic carbocycles. The van der Waals surface area contributed by atoms with Crippen LogP contribution < -0.4 is 0 Å². The summed E-state index contributed by atoms with van der Waals surface area (Å²) < 4.78 is 0. The van der Waals surface area contributed by atoms with Gasteiger partial charge in [0.25, 0.3) is 0 Å². The van der Waals surface area contributed by atoms with Gasteiger partial charge in [-0.3, -0.25) is 0 Å². The third-order valence-corrected chi connectivity index (χ3v) is 5.83. The van der Waals surface area contributed by atoms with E-state index in [9.17, 15) is 15.5 Å². The lowest BCUT2D eigenvalue weighted by Gasteiger charge is -2.37. The van der Waals surface area contributed by atoms with E-state index < -0.39 is 24.3 Å². The summed E-state index contributed by atoms with van der Waals surface area (Å²) in [5.74, 6) is 0.407. The summed E-state index contributed by atoms with van der Waals surface area (Å²) in [5.41, 5.74) is 2.04. The van der Waals surface area contributed by atoms with Crippen molar-refractivity contribution in [1.82, 2.24) is 9.80 Å². The first kappa shape index (κ1) is 23.3. The zero-order valence-electron chi connectivity index (χ0n) is 18.2. The maximum absolute atomic E-state index is 11.4. The van der Waals surface area contributed by atoms with Crippen molar-refractivity contribution in [2.75, 3.05) is 13.1 Å². The van der Waals surface area contributed by atoms with Gasteiger partial charge in [-0.1, -0.05) is 72.8 Å². The minimum Gasteiger partial charge on any atom is -0.388 e. The number of guanidine groups is 1. The van der Waals surface area contributed by atoms with Gasteiger partial charge >= 0.3 is 0 Å². The van der Waals surface area contributed by atoms with E-state index in [1.165, 1.54) is 0 Å². The van der Waals surface area contributed by atoms with E-state index in [2.05, 4.69) is 18.2 Å². The van der Waals surface area contributed by atoms with Crippen molar-refractivity contribution in [2.45, 2.75) is 37.1 Å². The summed E-state index contributed by atoms with van der Waals surface area (Å²) in [4.78, 5) is 7.89. The average Bonchev–Trinajstić information content (AvgIpc) is 2.88. The molecule has 0 saturated carbocycles. The number of benzene rings is 2. The molecule has 0 radical (unpaired) electrons. The summed E-state index contributed by atoms with van der Waals surface area (Å²) >= 11 is 0. The number of rotatable bonds is 8. The fraction of sp³-hybridized carbons (Fsp3) is 0.308. The molecule has 3 rings (SSSR count). The van der Waals surface area contributed by atoms with E-state index in [4.69, 9.17) is 0 Å². The highest BCUT2D eigenvalue weighted by Gasteiger charge is 2.44. The molecular formula is C26H30N4O2. The van der Waals surface area contributed by atoms with Crippen LogP contribution >= 0.6 is 0 Å². The molecule has 1 saturated heterocycles. The van der Waals surface area contributed by atoms with Gasteiger partial charge in [0.2, 0.25) is 12.2 Å². The van der Waals surface area contributed by atoms with E-state index >= 15 is 0 Å². The predicted octanol–water partition coefficient (Wildman–Crippen LogP) is 2.76. The molecule has 0 spiro atoms. The molecule has 1 heterocycles. The number of hydrogen-bond donors (Lipinski definition) is 2. The molecule has 1 fully saturated rings. The van der Waals surface area contributed by atoms with Gasteiger partial charge in [0.1, 0.15) is 12.2 Å². The number of hydrogen-bond acceptors (Lipinski definition) is 4. The van der Waals surface area contributed by atoms with Crippen LogP contribution in [-0.4, -0.2) is 63.4 Å². The molecule has 1 aliphatic rings. The van der Waals surface area contributed by atoms with Crippen LogP contribution in [0.25, 0.3) is 0 Å². The lowest BCUT2D eigenvalue weighted by atomic mass is 9.91. The minimum absolute atomic E-state index is 0.369. The number of nitriles is 1. The first-order valence-electron chi connectivity index (χ1n) is 10.8. The molecule has 6 nitrogen and oxygen atoms in total. The Morgan fingerprint density at radius 3 is 1.56 bits per heavy atom. The maximum Gasteiger partial charge on any atom is 0.213 e. The molecule has 32 heavy (non-hydrogen) atoms. The first-order chi connectivity index (χ1) is 15.6. The number of aliphatic hydroxyl groups is 2. The Labute approximate surface area is 190 Å². The summed E-state index contributed by atoms with van der Waals surface area (Å²) in [6, 6.07) is 18.6. The molecule has 0 unspecified atom stereocenters. The number of nitrogens with zero attached hydrogens (tertiary/aromatic N) is 4. The smallest absolute Gasteiger partial charge is 0.213 e. The van der Waals surface area contributed by atoms with Crippen molar-refractivity contribution in [3.8, 4) is 6.19 Å². The predicted molar refractivity (Wildman–Crippen MR) is 127 cm³/mol. The lowest BCUT2D eigenvalue weighted by molar-refractivity contribution is -0.0377. The Hall–Kier alpha value is -3.40. The van der Waals surface area contributed by atoms with Gasteiger partial charge in [-0.25, -0.2) is 0 Å². The van der Waals surface area contributed by atoms with Crippen molar-refractivity contribution in [1.29, 1.82) is 5.26 Å². The van der Waals surface area contributed by atoms with Crippen LogP contribution in [0.15, 0.2) is 91.0 Å².